The zero-order valence-corrected chi connectivity index (χ0v) is 10.7. The first kappa shape index (κ1) is 17.3. The standard InChI is InChI=1S/2CH3NS2.Mo.S/c2*2-1(3)4;;/h2*(H3,2,3,4);;/q;;+2;/p-2. The Balaban J connectivity index is -0.0000000787. The molecule has 0 aliphatic heterocycles. The molecule has 0 spiro atoms. The molecule has 0 aliphatic rings. The number of thiocarbonyl (C=S) groups is 2. The van der Waals surface area contributed by atoms with Gasteiger partial charge in [0.05, 0.1) is 0 Å². The molecule has 0 aromatic heterocycles. The Morgan fingerprint density at radius 1 is 1.00 bits per heavy atom. The summed E-state index contributed by atoms with van der Waals surface area (Å²) in [4.78, 5) is 0. The van der Waals surface area contributed by atoms with Crippen molar-refractivity contribution in [2.45, 2.75) is 0 Å². The fourth-order valence-corrected chi connectivity index (χ4v) is 0. The summed E-state index contributed by atoms with van der Waals surface area (Å²) in [6.07, 6.45) is 0. The number of hydrogen-bond acceptors (Lipinski definition) is 5. The van der Waals surface area contributed by atoms with Crippen molar-refractivity contribution in [3.63, 3.8) is 0 Å². The molecular weight excluding hydrogens is 308 g/mol. The predicted molar refractivity (Wildman–Crippen MR) is 55.9 cm³/mol. The quantitative estimate of drug-likeness (QED) is 0.376. The first-order valence-corrected chi connectivity index (χ1v) is 5.98. The molecule has 0 bridgehead atoms. The Morgan fingerprint density at radius 3 is 1.00 bits per heavy atom. The van der Waals surface area contributed by atoms with Crippen molar-refractivity contribution in [3.05, 3.63) is 0 Å². The van der Waals surface area contributed by atoms with Crippen molar-refractivity contribution in [1.29, 1.82) is 0 Å². The summed E-state index contributed by atoms with van der Waals surface area (Å²) >= 11 is 18.1. The van der Waals surface area contributed by atoms with Gasteiger partial charge in [0.2, 0.25) is 0 Å². The van der Waals surface area contributed by atoms with E-state index in [2.05, 4.69) is 71.0 Å². The summed E-state index contributed by atoms with van der Waals surface area (Å²) in [7, 11) is 4.09. The Bertz CT molecular complexity index is 85.8. The van der Waals surface area contributed by atoms with Gasteiger partial charge in [0.25, 0.3) is 0 Å². The van der Waals surface area contributed by atoms with E-state index < -0.39 is 0 Å². The molecule has 0 saturated carbocycles. The van der Waals surface area contributed by atoms with Crippen molar-refractivity contribution in [2.75, 3.05) is 0 Å². The fourth-order valence-electron chi connectivity index (χ4n) is 0. The van der Waals surface area contributed by atoms with Crippen molar-refractivity contribution < 1.29 is 18.0 Å². The molecular formula is C2H4MoN2S5. The maximum absolute atomic E-state index is 4.66. The summed E-state index contributed by atoms with van der Waals surface area (Å²) in [6, 6.07) is 0. The Hall–Kier alpha value is 1.13. The van der Waals surface area contributed by atoms with Crippen LogP contribution in [-0.2, 0) is 43.3 Å². The van der Waals surface area contributed by atoms with Crippen molar-refractivity contribution in [1.82, 2.24) is 0 Å². The third kappa shape index (κ3) is 474. The van der Waals surface area contributed by atoms with Gasteiger partial charge >= 0.3 is 27.8 Å². The van der Waals surface area contributed by atoms with E-state index in [1.165, 1.54) is 18.0 Å². The van der Waals surface area contributed by atoms with Crippen LogP contribution in [0.1, 0.15) is 0 Å². The van der Waals surface area contributed by atoms with Crippen molar-refractivity contribution in [3.8, 4) is 0 Å². The van der Waals surface area contributed by atoms with Gasteiger partial charge in [0.15, 0.2) is 0 Å². The van der Waals surface area contributed by atoms with E-state index in [9.17, 15) is 0 Å². The molecule has 8 heteroatoms. The topological polar surface area (TPSA) is 52.0 Å². The zero-order valence-electron chi connectivity index (χ0n) is 4.60. The van der Waals surface area contributed by atoms with E-state index in [4.69, 9.17) is 0 Å². The van der Waals surface area contributed by atoms with Crippen LogP contribution in [-0.4, -0.2) is 8.64 Å². The number of hydrogen-bond donors (Lipinski definition) is 2. The first-order valence-electron chi connectivity index (χ1n) is 1.56. The third-order valence-corrected chi connectivity index (χ3v) is 0. The van der Waals surface area contributed by atoms with Crippen LogP contribution in [0.3, 0.4) is 0 Å². The van der Waals surface area contributed by atoms with Gasteiger partial charge in [-0.15, -0.1) is 0 Å². The minimum absolute atomic E-state index is 0.0833. The molecule has 2 nitrogen and oxygen atoms in total. The third-order valence-electron chi connectivity index (χ3n) is 0. The van der Waals surface area contributed by atoms with Crippen LogP contribution < -0.4 is 11.5 Å². The molecule has 0 unspecified atom stereocenters. The van der Waals surface area contributed by atoms with Gasteiger partial charge in [-0.3, -0.25) is 0 Å². The minimum atomic E-state index is 0.0833. The van der Waals surface area contributed by atoms with E-state index in [0.29, 0.717) is 0 Å². The Morgan fingerprint density at radius 2 is 1.00 bits per heavy atom. The summed E-state index contributed by atoms with van der Waals surface area (Å²) in [5.41, 5.74) is 9.31. The van der Waals surface area contributed by atoms with E-state index in [1.54, 1.807) is 0 Å². The van der Waals surface area contributed by atoms with E-state index in [1.807, 2.05) is 0 Å². The van der Waals surface area contributed by atoms with Gasteiger partial charge < -0.3 is 61.2 Å². The van der Waals surface area contributed by atoms with Crippen molar-refractivity contribution >= 4 is 68.2 Å². The van der Waals surface area contributed by atoms with Crippen LogP contribution in [0.2, 0.25) is 0 Å². The second-order valence-electron chi connectivity index (χ2n) is 0.638. The van der Waals surface area contributed by atoms with Crippen LogP contribution in [0.5, 0.6) is 0 Å². The van der Waals surface area contributed by atoms with Crippen LogP contribution >= 0.6 is 34.3 Å². The van der Waals surface area contributed by atoms with Gasteiger partial charge in [0.1, 0.15) is 0 Å². The average molecular weight is 312 g/mol. The summed E-state index contributed by atoms with van der Waals surface area (Å²) in [5.74, 6) is 0. The van der Waals surface area contributed by atoms with Gasteiger partial charge in [-0.2, -0.15) is 0 Å². The number of nitrogens with two attached hydrogens (primary N) is 2. The number of rotatable bonds is 0. The molecule has 0 aliphatic carbocycles. The average Bonchev–Trinajstić information content (AvgIpc) is 1.66. The Kier molecular flexibility index (Phi) is 28.7. The monoisotopic (exact) mass is 314 g/mol. The van der Waals surface area contributed by atoms with E-state index in [-0.39, 0.29) is 8.64 Å². The van der Waals surface area contributed by atoms with E-state index in [0.717, 1.165) is 0 Å². The molecule has 0 atom stereocenters. The molecule has 0 fully saturated rings. The molecule has 0 radical (unpaired) electrons. The van der Waals surface area contributed by atoms with Gasteiger partial charge in [-0.25, -0.2) is 0 Å². The first-order chi connectivity index (χ1) is 4.46. The summed E-state index contributed by atoms with van der Waals surface area (Å²) < 4.78 is 0.167. The van der Waals surface area contributed by atoms with E-state index >= 15 is 0 Å². The second-order valence-corrected chi connectivity index (χ2v) is 2.91. The van der Waals surface area contributed by atoms with Gasteiger partial charge in [-0.1, -0.05) is 8.64 Å². The zero-order chi connectivity index (χ0) is 9.15. The molecule has 0 heterocycles. The molecule has 10 heavy (non-hydrogen) atoms. The SMILES string of the molecule is NC(=S)[S-].NC(=S)[S-].[S]=[Mo+2]. The molecule has 0 saturated heterocycles. The van der Waals surface area contributed by atoms with Gasteiger partial charge in [0, 0.05) is 0 Å². The van der Waals surface area contributed by atoms with Crippen LogP contribution in [0.4, 0.5) is 0 Å². The molecule has 0 rings (SSSR count). The summed E-state index contributed by atoms with van der Waals surface area (Å²) in [5, 5.41) is 0. The van der Waals surface area contributed by atoms with Crippen LogP contribution in [0, 0.1) is 0 Å². The molecule has 4 N–H and O–H groups in total. The van der Waals surface area contributed by atoms with Crippen LogP contribution in [0.25, 0.3) is 0 Å². The maximum atomic E-state index is 4.66. The fraction of sp³-hybridized carbons (Fsp3) is 0. The molecule has 0 amide bonds. The molecule has 58 valence electrons. The van der Waals surface area contributed by atoms with Gasteiger partial charge in [-0.05, 0) is 0 Å². The second kappa shape index (κ2) is 16.6. The molecule has 0 aromatic carbocycles. The predicted octanol–water partition coefficient (Wildman–Crippen LogP) is 0.200. The normalized spacial score (nSPS) is 5.10. The van der Waals surface area contributed by atoms with Crippen LogP contribution in [0.15, 0.2) is 0 Å². The molecule has 0 aromatic rings. The van der Waals surface area contributed by atoms with Crippen molar-refractivity contribution in [2.24, 2.45) is 11.5 Å². The summed E-state index contributed by atoms with van der Waals surface area (Å²) in [6.45, 7) is 0. The Labute approximate surface area is 96.7 Å².